The van der Waals surface area contributed by atoms with Gasteiger partial charge in [-0.25, -0.2) is 0 Å². The molecule has 1 amide bonds. The van der Waals surface area contributed by atoms with Gasteiger partial charge in [0.1, 0.15) is 0 Å². The third kappa shape index (κ3) is 5.34. The van der Waals surface area contributed by atoms with Gasteiger partial charge in [-0.2, -0.15) is 0 Å². The molecule has 1 aromatic carbocycles. The Hall–Kier alpha value is -2.04. The first-order chi connectivity index (χ1) is 8.59. The number of carboxylic acid groups (broad SMARTS) is 1. The molecule has 5 heteroatoms. The van der Waals surface area contributed by atoms with E-state index in [1.165, 1.54) is 0 Å². The molecular weight excluding hydrogens is 232 g/mol. The number of hydrogen-bond acceptors (Lipinski definition) is 3. The Morgan fingerprint density at radius 1 is 1.11 bits per heavy atom. The molecule has 1 rings (SSSR count). The van der Waals surface area contributed by atoms with Crippen molar-refractivity contribution in [3.8, 4) is 0 Å². The van der Waals surface area contributed by atoms with Crippen LogP contribution in [0, 0.1) is 0 Å². The molecule has 98 valence electrons. The molecule has 18 heavy (non-hydrogen) atoms. The Bertz CT molecular complexity index is 401. The summed E-state index contributed by atoms with van der Waals surface area (Å²) in [5.74, 6) is -1.18. The van der Waals surface area contributed by atoms with Crippen molar-refractivity contribution in [3.05, 3.63) is 29.8 Å². The van der Waals surface area contributed by atoms with Crippen LogP contribution in [0.25, 0.3) is 0 Å². The lowest BCUT2D eigenvalue weighted by atomic mass is 10.2. The molecule has 0 radical (unpaired) electrons. The molecule has 0 fully saturated rings. The highest BCUT2D eigenvalue weighted by atomic mass is 16.4. The number of anilines is 1. The first-order valence-electron chi connectivity index (χ1n) is 5.95. The smallest absolute Gasteiger partial charge is 0.303 e. The number of nitrogens with two attached hydrogens (primary N) is 1. The van der Waals surface area contributed by atoms with Gasteiger partial charge in [0.25, 0.3) is 0 Å². The zero-order chi connectivity index (χ0) is 13.4. The van der Waals surface area contributed by atoms with E-state index >= 15 is 0 Å². The number of carboxylic acids is 1. The van der Waals surface area contributed by atoms with Crippen LogP contribution in [0.3, 0.4) is 0 Å². The van der Waals surface area contributed by atoms with Crippen molar-refractivity contribution >= 4 is 17.6 Å². The highest BCUT2D eigenvalue weighted by Crippen LogP contribution is 2.09. The number of unbranched alkanes of at least 4 members (excludes halogenated alkanes) is 2. The molecule has 5 nitrogen and oxygen atoms in total. The van der Waals surface area contributed by atoms with Crippen molar-refractivity contribution in [3.63, 3.8) is 0 Å². The van der Waals surface area contributed by atoms with Gasteiger partial charge in [0.2, 0.25) is 5.91 Å². The summed E-state index contributed by atoms with van der Waals surface area (Å²) in [6.07, 6.45) is 2.74. The zero-order valence-electron chi connectivity index (χ0n) is 10.2. The van der Waals surface area contributed by atoms with Gasteiger partial charge in [-0.1, -0.05) is 6.42 Å². The van der Waals surface area contributed by atoms with E-state index in [4.69, 9.17) is 10.8 Å². The van der Waals surface area contributed by atoms with E-state index in [1.54, 1.807) is 24.3 Å². The Kier molecular flexibility index (Phi) is 5.70. The second kappa shape index (κ2) is 7.32. The summed E-state index contributed by atoms with van der Waals surface area (Å²) < 4.78 is 0. The van der Waals surface area contributed by atoms with Crippen LogP contribution in [0.5, 0.6) is 0 Å². The van der Waals surface area contributed by atoms with E-state index < -0.39 is 11.9 Å². The fourth-order valence-corrected chi connectivity index (χ4v) is 1.56. The Balaban J connectivity index is 2.19. The van der Waals surface area contributed by atoms with Gasteiger partial charge < -0.3 is 16.2 Å². The third-order valence-corrected chi connectivity index (χ3v) is 2.57. The van der Waals surface area contributed by atoms with Gasteiger partial charge >= 0.3 is 5.97 Å². The van der Waals surface area contributed by atoms with Gasteiger partial charge in [-0.15, -0.1) is 0 Å². The van der Waals surface area contributed by atoms with E-state index in [1.807, 2.05) is 0 Å². The highest BCUT2D eigenvalue weighted by Gasteiger charge is 1.99. The topological polar surface area (TPSA) is 92.4 Å². The molecule has 0 bridgehead atoms. The van der Waals surface area contributed by atoms with Crippen molar-refractivity contribution in [2.75, 3.05) is 11.9 Å². The van der Waals surface area contributed by atoms with Gasteiger partial charge in [-0.3, -0.25) is 9.59 Å². The van der Waals surface area contributed by atoms with Crippen LogP contribution in [-0.4, -0.2) is 23.5 Å². The van der Waals surface area contributed by atoms with Crippen molar-refractivity contribution in [2.24, 2.45) is 5.73 Å². The number of hydrogen-bond donors (Lipinski definition) is 3. The van der Waals surface area contributed by atoms with Crippen LogP contribution in [0.15, 0.2) is 24.3 Å². The lowest BCUT2D eigenvalue weighted by Gasteiger charge is -2.06. The summed E-state index contributed by atoms with van der Waals surface area (Å²) in [5.41, 5.74) is 6.55. The molecule has 0 aromatic heterocycles. The number of amides is 1. The standard InChI is InChI=1S/C13H18N2O3/c14-13(18)10-5-7-11(8-6-10)15-9-3-1-2-4-12(16)17/h5-8,15H,1-4,9H2,(H2,14,18)(H,16,17). The van der Waals surface area contributed by atoms with E-state index in [0.29, 0.717) is 12.0 Å². The van der Waals surface area contributed by atoms with Crippen LogP contribution in [0.2, 0.25) is 0 Å². The van der Waals surface area contributed by atoms with Crippen LogP contribution in [0.4, 0.5) is 5.69 Å². The molecule has 0 saturated heterocycles. The monoisotopic (exact) mass is 250 g/mol. The molecule has 4 N–H and O–H groups in total. The molecule has 0 spiro atoms. The van der Waals surface area contributed by atoms with Crippen LogP contribution in [0.1, 0.15) is 36.0 Å². The number of carbonyl (C=O) groups is 2. The third-order valence-electron chi connectivity index (χ3n) is 2.57. The van der Waals surface area contributed by atoms with Crippen LogP contribution < -0.4 is 11.1 Å². The maximum Gasteiger partial charge on any atom is 0.303 e. The van der Waals surface area contributed by atoms with E-state index in [0.717, 1.165) is 25.1 Å². The van der Waals surface area contributed by atoms with Crippen LogP contribution >= 0.6 is 0 Å². The Morgan fingerprint density at radius 2 is 1.78 bits per heavy atom. The summed E-state index contributed by atoms with van der Waals surface area (Å²) in [5, 5.41) is 11.7. The molecule has 1 aromatic rings. The summed E-state index contributed by atoms with van der Waals surface area (Å²) in [6.45, 7) is 0.787. The molecule has 0 aliphatic rings. The highest BCUT2D eigenvalue weighted by molar-refractivity contribution is 5.93. The quantitative estimate of drug-likeness (QED) is 0.614. The minimum absolute atomic E-state index is 0.229. The van der Waals surface area contributed by atoms with Crippen molar-refractivity contribution < 1.29 is 14.7 Å². The number of rotatable bonds is 8. The van der Waals surface area contributed by atoms with Crippen molar-refractivity contribution in [2.45, 2.75) is 25.7 Å². The Labute approximate surface area is 106 Å². The summed E-state index contributed by atoms with van der Waals surface area (Å²) in [6, 6.07) is 6.96. The van der Waals surface area contributed by atoms with E-state index in [2.05, 4.69) is 5.32 Å². The van der Waals surface area contributed by atoms with Crippen LogP contribution in [-0.2, 0) is 4.79 Å². The molecule has 0 unspecified atom stereocenters. The predicted octanol–water partition coefficient (Wildman–Crippen LogP) is 1.84. The average molecular weight is 250 g/mol. The van der Waals surface area contributed by atoms with Crippen molar-refractivity contribution in [1.29, 1.82) is 0 Å². The second-order valence-corrected chi connectivity index (χ2v) is 4.07. The fourth-order valence-electron chi connectivity index (χ4n) is 1.56. The second-order valence-electron chi connectivity index (χ2n) is 4.07. The number of carbonyl (C=O) groups excluding carboxylic acids is 1. The lowest BCUT2D eigenvalue weighted by molar-refractivity contribution is -0.137. The number of primary amides is 1. The number of nitrogens with one attached hydrogen (secondary N) is 1. The summed E-state index contributed by atoms with van der Waals surface area (Å²) in [4.78, 5) is 21.1. The largest absolute Gasteiger partial charge is 0.481 e. The maximum atomic E-state index is 10.9. The lowest BCUT2D eigenvalue weighted by Crippen LogP contribution is -2.10. The SMILES string of the molecule is NC(=O)c1ccc(NCCCCCC(=O)O)cc1. The predicted molar refractivity (Wildman–Crippen MR) is 69.6 cm³/mol. The van der Waals surface area contributed by atoms with Gasteiger partial charge in [0.15, 0.2) is 0 Å². The Morgan fingerprint density at radius 3 is 2.33 bits per heavy atom. The number of benzene rings is 1. The minimum Gasteiger partial charge on any atom is -0.481 e. The van der Waals surface area contributed by atoms with Crippen molar-refractivity contribution in [1.82, 2.24) is 0 Å². The van der Waals surface area contributed by atoms with Gasteiger partial charge in [0, 0.05) is 24.2 Å². The van der Waals surface area contributed by atoms with Gasteiger partial charge in [-0.05, 0) is 37.1 Å². The molecule has 0 aliphatic carbocycles. The number of aliphatic carboxylic acids is 1. The molecule has 0 aliphatic heterocycles. The molecule has 0 heterocycles. The first kappa shape index (κ1) is 14.0. The summed E-state index contributed by atoms with van der Waals surface area (Å²) >= 11 is 0. The zero-order valence-corrected chi connectivity index (χ0v) is 10.2. The fraction of sp³-hybridized carbons (Fsp3) is 0.385. The normalized spacial score (nSPS) is 10.0. The average Bonchev–Trinajstić information content (AvgIpc) is 2.34. The molecular formula is C13H18N2O3. The summed E-state index contributed by atoms with van der Waals surface area (Å²) in [7, 11) is 0. The maximum absolute atomic E-state index is 10.9. The van der Waals surface area contributed by atoms with E-state index in [9.17, 15) is 9.59 Å². The minimum atomic E-state index is -0.745. The first-order valence-corrected chi connectivity index (χ1v) is 5.95. The molecule has 0 saturated carbocycles. The van der Waals surface area contributed by atoms with Gasteiger partial charge in [0.05, 0.1) is 0 Å². The molecule has 0 atom stereocenters. The van der Waals surface area contributed by atoms with E-state index in [-0.39, 0.29) is 6.42 Å².